The lowest BCUT2D eigenvalue weighted by Gasteiger charge is -2.16. The smallest absolute Gasteiger partial charge is 0.303 e. The second-order valence-electron chi connectivity index (χ2n) is 4.98. The first-order valence-corrected chi connectivity index (χ1v) is 6.79. The van der Waals surface area contributed by atoms with Crippen LogP contribution < -0.4 is 5.32 Å². The maximum absolute atomic E-state index is 10.4. The minimum atomic E-state index is -0.717. The molecular weight excluding hydrogens is 226 g/mol. The number of nitrogens with one attached hydrogen (secondary N) is 1. The fraction of sp³-hybridized carbons (Fsp3) is 0.533. The zero-order valence-electron chi connectivity index (χ0n) is 10.7. The summed E-state index contributed by atoms with van der Waals surface area (Å²) in [4.78, 5) is 10.4. The number of carboxylic acid groups (broad SMARTS) is 1. The highest BCUT2D eigenvalue weighted by atomic mass is 16.4. The lowest BCUT2D eigenvalue weighted by Crippen LogP contribution is -2.16. The third kappa shape index (κ3) is 3.84. The van der Waals surface area contributed by atoms with Gasteiger partial charge in [-0.2, -0.15) is 0 Å². The third-order valence-corrected chi connectivity index (χ3v) is 3.49. The molecule has 3 nitrogen and oxygen atoms in total. The Morgan fingerprint density at radius 1 is 1.22 bits per heavy atom. The Balaban J connectivity index is 1.77. The van der Waals surface area contributed by atoms with E-state index >= 15 is 0 Å². The number of hydrogen-bond acceptors (Lipinski definition) is 2. The molecule has 0 spiro atoms. The van der Waals surface area contributed by atoms with Crippen LogP contribution in [-0.2, 0) is 24.2 Å². The van der Waals surface area contributed by atoms with Crippen molar-refractivity contribution in [3.8, 4) is 0 Å². The largest absolute Gasteiger partial charge is 0.481 e. The first kappa shape index (κ1) is 13.1. The molecule has 1 aliphatic rings. The highest BCUT2D eigenvalue weighted by molar-refractivity contribution is 5.66. The lowest BCUT2D eigenvalue weighted by atomic mass is 9.90. The molecule has 0 radical (unpaired) electrons. The van der Waals surface area contributed by atoms with E-state index in [0.29, 0.717) is 6.42 Å². The molecule has 2 rings (SSSR count). The highest BCUT2D eigenvalue weighted by Crippen LogP contribution is 2.22. The van der Waals surface area contributed by atoms with Crippen LogP contribution in [-0.4, -0.2) is 17.6 Å². The molecule has 1 aromatic carbocycles. The summed E-state index contributed by atoms with van der Waals surface area (Å²) >= 11 is 0. The Labute approximate surface area is 108 Å². The molecule has 0 aliphatic heterocycles. The minimum Gasteiger partial charge on any atom is -0.481 e. The SMILES string of the molecule is O=C(O)CCCNCc1ccc2c(c1)CCCC2. The molecule has 0 bridgehead atoms. The molecule has 0 saturated carbocycles. The van der Waals surface area contributed by atoms with Gasteiger partial charge in [0.25, 0.3) is 0 Å². The van der Waals surface area contributed by atoms with Gasteiger partial charge in [-0.15, -0.1) is 0 Å². The van der Waals surface area contributed by atoms with Crippen molar-refractivity contribution in [1.82, 2.24) is 5.32 Å². The van der Waals surface area contributed by atoms with E-state index in [1.165, 1.54) is 42.4 Å². The number of aryl methyl sites for hydroxylation is 2. The summed E-state index contributed by atoms with van der Waals surface area (Å²) < 4.78 is 0. The van der Waals surface area contributed by atoms with Crippen LogP contribution in [0.25, 0.3) is 0 Å². The zero-order valence-corrected chi connectivity index (χ0v) is 10.7. The van der Waals surface area contributed by atoms with Crippen LogP contribution >= 0.6 is 0 Å². The number of benzene rings is 1. The molecule has 18 heavy (non-hydrogen) atoms. The Hall–Kier alpha value is -1.35. The van der Waals surface area contributed by atoms with Crippen molar-refractivity contribution < 1.29 is 9.90 Å². The van der Waals surface area contributed by atoms with E-state index in [9.17, 15) is 4.79 Å². The maximum atomic E-state index is 10.4. The van der Waals surface area contributed by atoms with Crippen molar-refractivity contribution in [3.05, 3.63) is 34.9 Å². The van der Waals surface area contributed by atoms with Crippen LogP contribution in [0.1, 0.15) is 42.4 Å². The molecular formula is C15H21NO2. The first-order valence-electron chi connectivity index (χ1n) is 6.79. The quantitative estimate of drug-likeness (QED) is 0.759. The molecule has 0 amide bonds. The molecule has 98 valence electrons. The van der Waals surface area contributed by atoms with Crippen molar-refractivity contribution in [1.29, 1.82) is 0 Å². The number of carbonyl (C=O) groups is 1. The molecule has 0 saturated heterocycles. The topological polar surface area (TPSA) is 49.3 Å². The number of aliphatic carboxylic acids is 1. The van der Waals surface area contributed by atoms with Crippen molar-refractivity contribution in [2.75, 3.05) is 6.54 Å². The van der Waals surface area contributed by atoms with Gasteiger partial charge in [0.1, 0.15) is 0 Å². The van der Waals surface area contributed by atoms with Gasteiger partial charge < -0.3 is 10.4 Å². The molecule has 0 fully saturated rings. The van der Waals surface area contributed by atoms with E-state index in [4.69, 9.17) is 5.11 Å². The monoisotopic (exact) mass is 247 g/mol. The molecule has 2 N–H and O–H groups in total. The third-order valence-electron chi connectivity index (χ3n) is 3.49. The van der Waals surface area contributed by atoms with E-state index in [2.05, 4.69) is 23.5 Å². The van der Waals surface area contributed by atoms with E-state index in [-0.39, 0.29) is 6.42 Å². The van der Waals surface area contributed by atoms with Gasteiger partial charge in [0.05, 0.1) is 0 Å². The average molecular weight is 247 g/mol. The Kier molecular flexibility index (Phi) is 4.76. The molecule has 0 heterocycles. The van der Waals surface area contributed by atoms with Gasteiger partial charge in [-0.25, -0.2) is 0 Å². The van der Waals surface area contributed by atoms with Crippen LogP contribution in [0.4, 0.5) is 0 Å². The predicted molar refractivity (Wildman–Crippen MR) is 71.7 cm³/mol. The van der Waals surface area contributed by atoms with Gasteiger partial charge in [0, 0.05) is 13.0 Å². The summed E-state index contributed by atoms with van der Waals surface area (Å²) in [5.74, 6) is -0.717. The Morgan fingerprint density at radius 3 is 2.78 bits per heavy atom. The summed E-state index contributed by atoms with van der Waals surface area (Å²) in [5, 5.41) is 11.8. The molecule has 0 unspecified atom stereocenters. The molecule has 1 aliphatic carbocycles. The number of carboxylic acids is 1. The van der Waals surface area contributed by atoms with E-state index in [1.807, 2.05) is 0 Å². The minimum absolute atomic E-state index is 0.247. The summed E-state index contributed by atoms with van der Waals surface area (Å²) in [6.07, 6.45) is 6.00. The van der Waals surface area contributed by atoms with Gasteiger partial charge in [0.15, 0.2) is 0 Å². The zero-order chi connectivity index (χ0) is 12.8. The van der Waals surface area contributed by atoms with Crippen LogP contribution in [0.3, 0.4) is 0 Å². The fourth-order valence-electron chi connectivity index (χ4n) is 2.49. The van der Waals surface area contributed by atoms with Crippen LogP contribution in [0.15, 0.2) is 18.2 Å². The van der Waals surface area contributed by atoms with E-state index < -0.39 is 5.97 Å². The number of fused-ring (bicyclic) bond motifs is 1. The first-order chi connectivity index (χ1) is 8.75. The van der Waals surface area contributed by atoms with Crippen molar-refractivity contribution in [3.63, 3.8) is 0 Å². The van der Waals surface area contributed by atoms with Crippen LogP contribution in [0, 0.1) is 0 Å². The fourth-order valence-corrected chi connectivity index (χ4v) is 2.49. The normalized spacial score (nSPS) is 14.2. The van der Waals surface area contributed by atoms with Crippen LogP contribution in [0.5, 0.6) is 0 Å². The number of hydrogen-bond donors (Lipinski definition) is 2. The number of rotatable bonds is 6. The Morgan fingerprint density at radius 2 is 2.00 bits per heavy atom. The van der Waals surface area contributed by atoms with E-state index in [1.54, 1.807) is 0 Å². The summed E-state index contributed by atoms with van der Waals surface area (Å²) in [6.45, 7) is 1.61. The molecule has 3 heteroatoms. The molecule has 1 aromatic rings. The van der Waals surface area contributed by atoms with Gasteiger partial charge in [-0.1, -0.05) is 18.2 Å². The van der Waals surface area contributed by atoms with Gasteiger partial charge in [-0.05, 0) is 55.3 Å². The van der Waals surface area contributed by atoms with Gasteiger partial charge >= 0.3 is 5.97 Å². The summed E-state index contributed by atoms with van der Waals surface area (Å²) in [5.41, 5.74) is 4.33. The van der Waals surface area contributed by atoms with Crippen LogP contribution in [0.2, 0.25) is 0 Å². The Bertz CT molecular complexity index is 415. The predicted octanol–water partition coefficient (Wildman–Crippen LogP) is 2.52. The molecule has 0 atom stereocenters. The second kappa shape index (κ2) is 6.55. The van der Waals surface area contributed by atoms with Gasteiger partial charge in [-0.3, -0.25) is 4.79 Å². The average Bonchev–Trinajstić information content (AvgIpc) is 2.38. The van der Waals surface area contributed by atoms with Crippen molar-refractivity contribution in [2.24, 2.45) is 0 Å². The summed E-state index contributed by atoms with van der Waals surface area (Å²) in [7, 11) is 0. The van der Waals surface area contributed by atoms with Gasteiger partial charge in [0.2, 0.25) is 0 Å². The summed E-state index contributed by atoms with van der Waals surface area (Å²) in [6, 6.07) is 6.75. The molecule has 0 aromatic heterocycles. The maximum Gasteiger partial charge on any atom is 0.303 e. The second-order valence-corrected chi connectivity index (χ2v) is 4.98. The lowest BCUT2D eigenvalue weighted by molar-refractivity contribution is -0.137. The van der Waals surface area contributed by atoms with Crippen molar-refractivity contribution >= 4 is 5.97 Å². The highest BCUT2D eigenvalue weighted by Gasteiger charge is 2.09. The van der Waals surface area contributed by atoms with Crippen molar-refractivity contribution in [2.45, 2.75) is 45.1 Å². The standard InChI is InChI=1S/C15H21NO2/c17-15(18)6-3-9-16-11-12-7-8-13-4-1-2-5-14(13)10-12/h7-8,10,16H,1-6,9,11H2,(H,17,18). The van der Waals surface area contributed by atoms with E-state index in [0.717, 1.165) is 13.1 Å².